The Morgan fingerprint density at radius 1 is 1.50 bits per heavy atom. The molecule has 2 heteroatoms. The Morgan fingerprint density at radius 3 is 2.64 bits per heavy atom. The van der Waals surface area contributed by atoms with Crippen molar-refractivity contribution in [1.82, 2.24) is 5.32 Å². The Labute approximate surface area is 93.4 Å². The summed E-state index contributed by atoms with van der Waals surface area (Å²) in [6, 6.07) is 1.46. The Kier molecular flexibility index (Phi) is 4.78. The summed E-state index contributed by atoms with van der Waals surface area (Å²) in [4.78, 5) is 0. The summed E-state index contributed by atoms with van der Waals surface area (Å²) in [6.45, 7) is 7.10. The SMILES string of the molecule is CCC(CSC)NC1CCCC1(C)C. The van der Waals surface area contributed by atoms with E-state index < -0.39 is 0 Å². The van der Waals surface area contributed by atoms with Crippen LogP contribution in [-0.2, 0) is 0 Å². The van der Waals surface area contributed by atoms with Gasteiger partial charge in [-0.1, -0.05) is 27.2 Å². The molecule has 0 aliphatic heterocycles. The average Bonchev–Trinajstić information content (AvgIpc) is 2.45. The molecule has 84 valence electrons. The molecule has 0 saturated heterocycles. The van der Waals surface area contributed by atoms with Crippen molar-refractivity contribution < 1.29 is 0 Å². The van der Waals surface area contributed by atoms with Crippen LogP contribution in [0.25, 0.3) is 0 Å². The number of rotatable bonds is 5. The molecule has 0 heterocycles. The molecule has 0 aromatic heterocycles. The van der Waals surface area contributed by atoms with Crippen molar-refractivity contribution in [1.29, 1.82) is 0 Å². The van der Waals surface area contributed by atoms with Gasteiger partial charge in [0.25, 0.3) is 0 Å². The molecular formula is C12H25NS. The van der Waals surface area contributed by atoms with Crippen LogP contribution in [0.1, 0.15) is 46.5 Å². The molecule has 1 aliphatic rings. The van der Waals surface area contributed by atoms with Crippen LogP contribution in [0.2, 0.25) is 0 Å². The number of nitrogens with one attached hydrogen (secondary N) is 1. The molecule has 1 nitrogen and oxygen atoms in total. The molecule has 0 radical (unpaired) electrons. The topological polar surface area (TPSA) is 12.0 Å². The van der Waals surface area contributed by atoms with Crippen LogP contribution in [0.15, 0.2) is 0 Å². The van der Waals surface area contributed by atoms with E-state index in [0.29, 0.717) is 11.5 Å². The van der Waals surface area contributed by atoms with E-state index in [2.05, 4.69) is 32.3 Å². The van der Waals surface area contributed by atoms with Crippen molar-refractivity contribution in [3.63, 3.8) is 0 Å². The molecule has 2 unspecified atom stereocenters. The van der Waals surface area contributed by atoms with Gasteiger partial charge < -0.3 is 5.32 Å². The highest BCUT2D eigenvalue weighted by atomic mass is 32.2. The van der Waals surface area contributed by atoms with Crippen LogP contribution in [-0.4, -0.2) is 24.1 Å². The van der Waals surface area contributed by atoms with Gasteiger partial charge in [0.1, 0.15) is 0 Å². The van der Waals surface area contributed by atoms with Gasteiger partial charge in [0.2, 0.25) is 0 Å². The lowest BCUT2D eigenvalue weighted by molar-refractivity contribution is 0.265. The fraction of sp³-hybridized carbons (Fsp3) is 1.00. The molecule has 0 amide bonds. The largest absolute Gasteiger partial charge is 0.310 e. The molecule has 0 bridgehead atoms. The maximum Gasteiger partial charge on any atom is 0.0158 e. The van der Waals surface area contributed by atoms with E-state index in [4.69, 9.17) is 0 Å². The van der Waals surface area contributed by atoms with Crippen molar-refractivity contribution in [2.75, 3.05) is 12.0 Å². The van der Waals surface area contributed by atoms with Crippen molar-refractivity contribution in [2.24, 2.45) is 5.41 Å². The highest BCUT2D eigenvalue weighted by Gasteiger charge is 2.34. The zero-order valence-corrected chi connectivity index (χ0v) is 10.9. The maximum absolute atomic E-state index is 3.84. The minimum Gasteiger partial charge on any atom is -0.310 e. The van der Waals surface area contributed by atoms with E-state index in [1.54, 1.807) is 0 Å². The first kappa shape index (κ1) is 12.4. The molecule has 1 rings (SSSR count). The number of hydrogen-bond acceptors (Lipinski definition) is 2. The van der Waals surface area contributed by atoms with Crippen LogP contribution in [0.5, 0.6) is 0 Å². The first-order chi connectivity index (χ1) is 6.60. The fourth-order valence-corrected chi connectivity index (χ4v) is 3.14. The predicted molar refractivity (Wildman–Crippen MR) is 67.0 cm³/mol. The van der Waals surface area contributed by atoms with E-state index in [9.17, 15) is 0 Å². The Morgan fingerprint density at radius 2 is 2.21 bits per heavy atom. The van der Waals surface area contributed by atoms with Crippen molar-refractivity contribution >= 4 is 11.8 Å². The average molecular weight is 215 g/mol. The fourth-order valence-electron chi connectivity index (χ4n) is 2.41. The molecule has 14 heavy (non-hydrogen) atoms. The Hall–Kier alpha value is 0.310. The second-order valence-electron chi connectivity index (χ2n) is 5.16. The van der Waals surface area contributed by atoms with Crippen LogP contribution in [0.4, 0.5) is 0 Å². The van der Waals surface area contributed by atoms with Crippen LogP contribution in [0, 0.1) is 5.41 Å². The van der Waals surface area contributed by atoms with Gasteiger partial charge in [-0.3, -0.25) is 0 Å². The zero-order valence-electron chi connectivity index (χ0n) is 10.1. The first-order valence-electron chi connectivity index (χ1n) is 5.85. The minimum absolute atomic E-state index is 0.520. The van der Waals surface area contributed by atoms with Crippen molar-refractivity contribution in [3.05, 3.63) is 0 Å². The van der Waals surface area contributed by atoms with E-state index in [1.807, 2.05) is 11.8 Å². The molecule has 1 aliphatic carbocycles. The van der Waals surface area contributed by atoms with Crippen molar-refractivity contribution in [3.8, 4) is 0 Å². The maximum atomic E-state index is 3.84. The Balaban J connectivity index is 2.41. The number of thioether (sulfide) groups is 1. The van der Waals surface area contributed by atoms with Crippen molar-refractivity contribution in [2.45, 2.75) is 58.5 Å². The summed E-state index contributed by atoms with van der Waals surface area (Å²) in [5, 5.41) is 3.84. The second kappa shape index (κ2) is 5.41. The molecule has 0 aromatic carbocycles. The van der Waals surface area contributed by atoms with Gasteiger partial charge in [-0.05, 0) is 30.9 Å². The van der Waals surface area contributed by atoms with Crippen LogP contribution >= 0.6 is 11.8 Å². The van der Waals surface area contributed by atoms with E-state index in [0.717, 1.165) is 6.04 Å². The van der Waals surface area contributed by atoms with E-state index in [1.165, 1.54) is 31.4 Å². The quantitative estimate of drug-likeness (QED) is 0.755. The summed E-state index contributed by atoms with van der Waals surface area (Å²) >= 11 is 1.96. The molecule has 1 saturated carbocycles. The summed E-state index contributed by atoms with van der Waals surface area (Å²) < 4.78 is 0. The third-order valence-corrected chi connectivity index (χ3v) is 4.29. The summed E-state index contributed by atoms with van der Waals surface area (Å²) in [5.41, 5.74) is 0.520. The normalized spacial score (nSPS) is 27.9. The smallest absolute Gasteiger partial charge is 0.0158 e. The molecular weight excluding hydrogens is 190 g/mol. The Bertz CT molecular complexity index is 168. The second-order valence-corrected chi connectivity index (χ2v) is 6.07. The highest BCUT2D eigenvalue weighted by molar-refractivity contribution is 7.98. The summed E-state index contributed by atoms with van der Waals surface area (Å²) in [7, 11) is 0. The molecule has 1 fully saturated rings. The van der Waals surface area contributed by atoms with Gasteiger partial charge in [-0.15, -0.1) is 0 Å². The van der Waals surface area contributed by atoms with Gasteiger partial charge in [0.15, 0.2) is 0 Å². The zero-order chi connectivity index (χ0) is 10.6. The van der Waals surface area contributed by atoms with E-state index >= 15 is 0 Å². The third-order valence-electron chi connectivity index (χ3n) is 3.55. The minimum atomic E-state index is 0.520. The van der Waals surface area contributed by atoms with Gasteiger partial charge in [-0.25, -0.2) is 0 Å². The summed E-state index contributed by atoms with van der Waals surface area (Å²) in [5.74, 6) is 1.25. The lowest BCUT2D eigenvalue weighted by atomic mass is 9.87. The first-order valence-corrected chi connectivity index (χ1v) is 7.24. The molecule has 0 spiro atoms. The van der Waals surface area contributed by atoms with Crippen LogP contribution in [0.3, 0.4) is 0 Å². The van der Waals surface area contributed by atoms with Gasteiger partial charge in [-0.2, -0.15) is 11.8 Å². The van der Waals surface area contributed by atoms with Gasteiger partial charge in [0, 0.05) is 17.8 Å². The lowest BCUT2D eigenvalue weighted by Crippen LogP contribution is -2.44. The number of hydrogen-bond donors (Lipinski definition) is 1. The molecule has 2 atom stereocenters. The van der Waals surface area contributed by atoms with E-state index in [-0.39, 0.29) is 0 Å². The summed E-state index contributed by atoms with van der Waals surface area (Å²) in [6.07, 6.45) is 7.62. The van der Waals surface area contributed by atoms with Crippen LogP contribution < -0.4 is 5.32 Å². The molecule has 1 N–H and O–H groups in total. The monoisotopic (exact) mass is 215 g/mol. The lowest BCUT2D eigenvalue weighted by Gasteiger charge is -2.31. The standard InChI is InChI=1S/C12H25NS/c1-5-10(9-14-4)13-11-7-6-8-12(11,2)3/h10-11,13H,5-9H2,1-4H3. The van der Waals surface area contributed by atoms with Gasteiger partial charge >= 0.3 is 0 Å². The third kappa shape index (κ3) is 3.16. The highest BCUT2D eigenvalue weighted by Crippen LogP contribution is 2.37. The molecule has 0 aromatic rings. The predicted octanol–water partition coefficient (Wildman–Crippen LogP) is 3.30. The van der Waals surface area contributed by atoms with Gasteiger partial charge in [0.05, 0.1) is 0 Å².